The van der Waals surface area contributed by atoms with Crippen LogP contribution in [0.3, 0.4) is 0 Å². The molecule has 7 heteroatoms. The molecule has 1 fully saturated rings. The lowest BCUT2D eigenvalue weighted by atomic mass is 9.96. The van der Waals surface area contributed by atoms with Crippen LogP contribution in [0, 0.1) is 5.92 Å². The van der Waals surface area contributed by atoms with Crippen molar-refractivity contribution < 1.29 is 19.5 Å². The first-order chi connectivity index (χ1) is 13.5. The fraction of sp³-hybridized carbons (Fsp3) is 0.333. The lowest BCUT2D eigenvalue weighted by Gasteiger charge is -2.28. The van der Waals surface area contributed by atoms with E-state index in [1.807, 2.05) is 0 Å². The lowest BCUT2D eigenvalue weighted by molar-refractivity contribution is -0.919. The van der Waals surface area contributed by atoms with Crippen LogP contribution in [0.25, 0.3) is 0 Å². The lowest BCUT2D eigenvalue weighted by Crippen LogP contribution is -3.11. The first-order valence-corrected chi connectivity index (χ1v) is 10.1. The van der Waals surface area contributed by atoms with Gasteiger partial charge < -0.3 is 14.7 Å². The SMILES string of the molecule is COc1cc(/C=N/NC(=O)C2CC[NH+](Cc3ccc(Br)cc3)CC2)ccc1O. The summed E-state index contributed by atoms with van der Waals surface area (Å²) in [7, 11) is 1.49. The first kappa shape index (κ1) is 20.4. The molecule has 1 aliphatic heterocycles. The molecule has 0 atom stereocenters. The largest absolute Gasteiger partial charge is 0.504 e. The number of piperidine rings is 1. The Morgan fingerprint density at radius 3 is 2.68 bits per heavy atom. The molecule has 0 spiro atoms. The highest BCUT2D eigenvalue weighted by atomic mass is 79.9. The molecule has 0 aliphatic carbocycles. The number of methoxy groups -OCH3 is 1. The van der Waals surface area contributed by atoms with E-state index < -0.39 is 0 Å². The van der Waals surface area contributed by atoms with Gasteiger partial charge in [-0.15, -0.1) is 0 Å². The van der Waals surface area contributed by atoms with Crippen LogP contribution in [0.2, 0.25) is 0 Å². The molecule has 2 aromatic carbocycles. The number of nitrogens with zero attached hydrogens (tertiary/aromatic N) is 1. The maximum Gasteiger partial charge on any atom is 0.243 e. The Morgan fingerprint density at radius 2 is 2.00 bits per heavy atom. The molecule has 0 bridgehead atoms. The number of aromatic hydroxyl groups is 1. The molecule has 0 aromatic heterocycles. The van der Waals surface area contributed by atoms with Gasteiger partial charge in [-0.25, -0.2) is 5.43 Å². The van der Waals surface area contributed by atoms with Crippen molar-refractivity contribution in [3.05, 3.63) is 58.1 Å². The van der Waals surface area contributed by atoms with Crippen molar-refractivity contribution in [1.82, 2.24) is 5.43 Å². The topological polar surface area (TPSA) is 75.4 Å². The van der Waals surface area contributed by atoms with Gasteiger partial charge >= 0.3 is 0 Å². The van der Waals surface area contributed by atoms with E-state index in [0.29, 0.717) is 5.75 Å². The third kappa shape index (κ3) is 5.56. The molecule has 1 aliphatic rings. The minimum Gasteiger partial charge on any atom is -0.504 e. The van der Waals surface area contributed by atoms with Gasteiger partial charge in [0, 0.05) is 22.9 Å². The molecule has 3 rings (SSSR count). The zero-order chi connectivity index (χ0) is 19.9. The van der Waals surface area contributed by atoms with Crippen LogP contribution in [0.5, 0.6) is 11.5 Å². The predicted octanol–water partition coefficient (Wildman–Crippen LogP) is 2.11. The van der Waals surface area contributed by atoms with E-state index in [1.165, 1.54) is 23.6 Å². The van der Waals surface area contributed by atoms with Crippen molar-refractivity contribution in [3.8, 4) is 11.5 Å². The van der Waals surface area contributed by atoms with Gasteiger partial charge in [-0.3, -0.25) is 4.79 Å². The summed E-state index contributed by atoms with van der Waals surface area (Å²) in [5, 5.41) is 13.6. The molecule has 2 aromatic rings. The molecule has 1 heterocycles. The van der Waals surface area contributed by atoms with E-state index in [4.69, 9.17) is 4.74 Å². The van der Waals surface area contributed by atoms with Gasteiger partial charge in [0.05, 0.1) is 32.3 Å². The second-order valence-corrected chi connectivity index (χ2v) is 7.91. The molecule has 28 heavy (non-hydrogen) atoms. The molecule has 0 saturated carbocycles. The molecule has 148 valence electrons. The number of hydrogen-bond acceptors (Lipinski definition) is 4. The maximum absolute atomic E-state index is 12.4. The number of carbonyl (C=O) groups is 1. The summed E-state index contributed by atoms with van der Waals surface area (Å²) in [5.74, 6) is 0.405. The Balaban J connectivity index is 1.45. The Labute approximate surface area is 173 Å². The minimum absolute atomic E-state index is 0.000159. The Bertz CT molecular complexity index is 831. The molecular formula is C21H25BrN3O3+. The van der Waals surface area contributed by atoms with Gasteiger partial charge in [-0.1, -0.05) is 28.1 Å². The smallest absolute Gasteiger partial charge is 0.243 e. The quantitative estimate of drug-likeness (QED) is 0.469. The van der Waals surface area contributed by atoms with E-state index >= 15 is 0 Å². The van der Waals surface area contributed by atoms with Crippen LogP contribution >= 0.6 is 15.9 Å². The number of phenols is 1. The zero-order valence-electron chi connectivity index (χ0n) is 15.8. The van der Waals surface area contributed by atoms with E-state index in [-0.39, 0.29) is 17.6 Å². The van der Waals surface area contributed by atoms with Crippen molar-refractivity contribution in [3.63, 3.8) is 0 Å². The number of ether oxygens (including phenoxy) is 1. The second kappa shape index (κ2) is 9.71. The zero-order valence-corrected chi connectivity index (χ0v) is 17.4. The normalized spacial score (nSPS) is 19.5. The summed E-state index contributed by atoms with van der Waals surface area (Å²) in [4.78, 5) is 13.9. The summed E-state index contributed by atoms with van der Waals surface area (Å²) in [6.45, 7) is 2.95. The number of phenolic OH excluding ortho intramolecular Hbond substituents is 1. The summed E-state index contributed by atoms with van der Waals surface area (Å²) in [5.41, 5.74) is 4.69. The van der Waals surface area contributed by atoms with Crippen LogP contribution in [-0.4, -0.2) is 37.4 Å². The van der Waals surface area contributed by atoms with E-state index in [1.54, 1.807) is 18.3 Å². The number of benzene rings is 2. The fourth-order valence-electron chi connectivity index (χ4n) is 3.39. The van der Waals surface area contributed by atoms with Crippen molar-refractivity contribution in [2.75, 3.05) is 20.2 Å². The van der Waals surface area contributed by atoms with Crippen molar-refractivity contribution in [1.29, 1.82) is 0 Å². The van der Waals surface area contributed by atoms with E-state index in [2.05, 4.69) is 50.7 Å². The Hall–Kier alpha value is -2.38. The summed E-state index contributed by atoms with van der Waals surface area (Å²) < 4.78 is 6.15. The monoisotopic (exact) mass is 446 g/mol. The van der Waals surface area contributed by atoms with Crippen LogP contribution < -0.4 is 15.1 Å². The minimum atomic E-state index is -0.0373. The standard InChI is InChI=1S/C21H24BrN3O3/c1-28-20-12-16(4-7-19(20)26)13-23-24-21(27)17-8-10-25(11-9-17)14-15-2-5-18(22)6-3-15/h2-7,12-13,17,26H,8-11,14H2,1H3,(H,24,27)/p+1/b23-13+. The fourth-order valence-corrected chi connectivity index (χ4v) is 3.66. The number of amides is 1. The average molecular weight is 447 g/mol. The molecule has 6 nitrogen and oxygen atoms in total. The Kier molecular flexibility index (Phi) is 7.06. The highest BCUT2D eigenvalue weighted by Crippen LogP contribution is 2.25. The van der Waals surface area contributed by atoms with Crippen molar-refractivity contribution in [2.24, 2.45) is 11.0 Å². The molecule has 0 unspecified atom stereocenters. The van der Waals surface area contributed by atoms with Crippen LogP contribution in [0.4, 0.5) is 0 Å². The van der Waals surface area contributed by atoms with Gasteiger partial charge in [0.15, 0.2) is 11.5 Å². The van der Waals surface area contributed by atoms with Gasteiger partial charge in [0.1, 0.15) is 6.54 Å². The third-order valence-electron chi connectivity index (χ3n) is 5.02. The van der Waals surface area contributed by atoms with Crippen molar-refractivity contribution >= 4 is 28.1 Å². The summed E-state index contributed by atoms with van der Waals surface area (Å²) in [6, 6.07) is 13.3. The molecular weight excluding hydrogens is 422 g/mol. The van der Waals surface area contributed by atoms with E-state index in [0.717, 1.165) is 42.5 Å². The maximum atomic E-state index is 12.4. The average Bonchev–Trinajstić information content (AvgIpc) is 2.71. The number of hydrazone groups is 1. The number of rotatable bonds is 6. The van der Waals surface area contributed by atoms with Gasteiger partial charge in [0.2, 0.25) is 5.91 Å². The second-order valence-electron chi connectivity index (χ2n) is 6.99. The molecule has 0 radical (unpaired) electrons. The number of carbonyl (C=O) groups excluding carboxylic acids is 1. The van der Waals surface area contributed by atoms with Gasteiger partial charge in [-0.05, 0) is 35.9 Å². The van der Waals surface area contributed by atoms with Crippen LogP contribution in [-0.2, 0) is 11.3 Å². The number of hydrogen-bond donors (Lipinski definition) is 3. The summed E-state index contributed by atoms with van der Waals surface area (Å²) >= 11 is 3.46. The van der Waals surface area contributed by atoms with Crippen molar-refractivity contribution in [2.45, 2.75) is 19.4 Å². The van der Waals surface area contributed by atoms with Gasteiger partial charge in [-0.2, -0.15) is 5.10 Å². The molecule has 3 N–H and O–H groups in total. The molecule has 1 saturated heterocycles. The molecule has 1 amide bonds. The summed E-state index contributed by atoms with van der Waals surface area (Å²) in [6.07, 6.45) is 3.27. The number of likely N-dealkylation sites (tertiary alicyclic amines) is 1. The van der Waals surface area contributed by atoms with Crippen LogP contribution in [0.1, 0.15) is 24.0 Å². The highest BCUT2D eigenvalue weighted by molar-refractivity contribution is 9.10. The number of quaternary nitrogens is 1. The third-order valence-corrected chi connectivity index (χ3v) is 5.55. The van der Waals surface area contributed by atoms with E-state index in [9.17, 15) is 9.90 Å². The number of halogens is 1. The highest BCUT2D eigenvalue weighted by Gasteiger charge is 2.27. The Morgan fingerprint density at radius 1 is 1.29 bits per heavy atom. The first-order valence-electron chi connectivity index (χ1n) is 9.33. The van der Waals surface area contributed by atoms with Gasteiger partial charge in [0.25, 0.3) is 0 Å². The number of nitrogens with one attached hydrogen (secondary N) is 2. The van der Waals surface area contributed by atoms with Crippen LogP contribution in [0.15, 0.2) is 52.0 Å². The predicted molar refractivity (Wildman–Crippen MR) is 112 cm³/mol.